The number of nitrogens with one attached hydrogen (secondary N) is 1. The second-order valence-electron chi connectivity index (χ2n) is 9.14. The number of hydrogen-bond donors (Lipinski definition) is 1. The molecule has 2 fully saturated rings. The molecule has 34 heavy (non-hydrogen) atoms. The molecular weight excluding hydrogens is 458 g/mol. The molecule has 2 aliphatic rings. The van der Waals surface area contributed by atoms with Gasteiger partial charge in [-0.3, -0.25) is 0 Å². The van der Waals surface area contributed by atoms with E-state index in [9.17, 15) is 8.42 Å². The molecule has 0 spiro atoms. The predicted octanol–water partition coefficient (Wildman–Crippen LogP) is 2.05. The van der Waals surface area contributed by atoms with Crippen LogP contribution in [0, 0.1) is 5.92 Å². The zero-order valence-corrected chi connectivity index (χ0v) is 21.0. The van der Waals surface area contributed by atoms with Crippen molar-refractivity contribution < 1.29 is 22.6 Å². The molecule has 0 aliphatic carbocycles. The van der Waals surface area contributed by atoms with Gasteiger partial charge in [-0.2, -0.15) is 12.7 Å². The summed E-state index contributed by atoms with van der Waals surface area (Å²) in [5.74, 6) is 1.77. The molecule has 10 nitrogen and oxygen atoms in total. The average molecular weight is 494 g/mol. The van der Waals surface area contributed by atoms with Crippen molar-refractivity contribution >= 4 is 21.1 Å². The fourth-order valence-corrected chi connectivity index (χ4v) is 5.64. The van der Waals surface area contributed by atoms with Crippen molar-refractivity contribution in [1.82, 2.24) is 24.0 Å². The summed E-state index contributed by atoms with van der Waals surface area (Å²) < 4.78 is 45.3. The van der Waals surface area contributed by atoms with E-state index in [0.29, 0.717) is 64.0 Å². The Hall–Kier alpha value is -1.92. The highest BCUT2D eigenvalue weighted by molar-refractivity contribution is 7.87. The lowest BCUT2D eigenvalue weighted by Crippen LogP contribution is -2.43. The number of aromatic nitrogens is 3. The van der Waals surface area contributed by atoms with E-state index in [1.165, 1.54) is 11.4 Å². The Morgan fingerprint density at radius 1 is 1.18 bits per heavy atom. The first-order valence-corrected chi connectivity index (χ1v) is 13.4. The predicted molar refractivity (Wildman–Crippen MR) is 128 cm³/mol. The highest BCUT2D eigenvalue weighted by Gasteiger charge is 2.30. The highest BCUT2D eigenvalue weighted by Crippen LogP contribution is 2.35. The van der Waals surface area contributed by atoms with Crippen molar-refractivity contribution in [1.29, 1.82) is 0 Å². The second-order valence-corrected chi connectivity index (χ2v) is 11.0. The average Bonchev–Trinajstić information content (AvgIpc) is 2.85. The van der Waals surface area contributed by atoms with Gasteiger partial charge in [-0.05, 0) is 24.7 Å². The minimum atomic E-state index is -3.42. The summed E-state index contributed by atoms with van der Waals surface area (Å²) in [6, 6.07) is 0. The molecule has 4 rings (SSSR count). The van der Waals surface area contributed by atoms with E-state index >= 15 is 0 Å². The number of ether oxygens (including phenoxy) is 3. The first kappa shape index (κ1) is 25.2. The van der Waals surface area contributed by atoms with Crippen LogP contribution >= 0.6 is 0 Å². The molecule has 2 aromatic heterocycles. The molecule has 0 aromatic carbocycles. The Morgan fingerprint density at radius 3 is 2.59 bits per heavy atom. The summed E-state index contributed by atoms with van der Waals surface area (Å²) in [5.41, 5.74) is 1.88. The van der Waals surface area contributed by atoms with E-state index in [-0.39, 0.29) is 12.0 Å². The molecule has 0 radical (unpaired) electrons. The van der Waals surface area contributed by atoms with Gasteiger partial charge in [-0.1, -0.05) is 6.92 Å². The highest BCUT2D eigenvalue weighted by atomic mass is 32.2. The third-order valence-corrected chi connectivity index (χ3v) is 8.14. The Kier molecular flexibility index (Phi) is 8.30. The van der Waals surface area contributed by atoms with Crippen molar-refractivity contribution in [2.75, 3.05) is 47.1 Å². The molecule has 1 atom stereocenters. The Bertz CT molecular complexity index is 1070. The number of fused-ring (bicyclic) bond motifs is 1. The lowest BCUT2D eigenvalue weighted by molar-refractivity contribution is 0.0244. The largest absolute Gasteiger partial charge is 0.474 e. The van der Waals surface area contributed by atoms with E-state index in [0.717, 1.165) is 35.1 Å². The van der Waals surface area contributed by atoms with Gasteiger partial charge in [0.15, 0.2) is 0 Å². The zero-order valence-electron chi connectivity index (χ0n) is 20.2. The molecule has 11 heteroatoms. The van der Waals surface area contributed by atoms with Crippen LogP contribution in [0.4, 0.5) is 0 Å². The number of hydrogen-bond acceptors (Lipinski definition) is 8. The van der Waals surface area contributed by atoms with Crippen LogP contribution in [0.15, 0.2) is 12.4 Å². The minimum absolute atomic E-state index is 0.0618. The first-order chi connectivity index (χ1) is 16.4. The van der Waals surface area contributed by atoms with E-state index in [1.54, 1.807) is 7.11 Å². The van der Waals surface area contributed by atoms with E-state index in [1.807, 2.05) is 12.4 Å². The molecule has 0 saturated carbocycles. The molecule has 2 aliphatic heterocycles. The lowest BCUT2D eigenvalue weighted by atomic mass is 9.90. The van der Waals surface area contributed by atoms with Crippen molar-refractivity contribution in [2.24, 2.45) is 5.92 Å². The number of rotatable bonds is 9. The maximum Gasteiger partial charge on any atom is 0.279 e. The number of methoxy groups -OCH3 is 1. The summed E-state index contributed by atoms with van der Waals surface area (Å²) in [7, 11) is -0.278. The maximum absolute atomic E-state index is 12.2. The van der Waals surface area contributed by atoms with Crippen LogP contribution in [0.2, 0.25) is 0 Å². The topological polar surface area (TPSA) is 116 Å². The third kappa shape index (κ3) is 5.83. The van der Waals surface area contributed by atoms with Crippen molar-refractivity contribution in [2.45, 2.75) is 51.0 Å². The second kappa shape index (κ2) is 11.2. The monoisotopic (exact) mass is 493 g/mol. The van der Waals surface area contributed by atoms with Gasteiger partial charge in [0.25, 0.3) is 10.2 Å². The summed E-state index contributed by atoms with van der Waals surface area (Å²) in [4.78, 5) is 14.2. The third-order valence-electron chi connectivity index (χ3n) is 6.58. The van der Waals surface area contributed by atoms with E-state index in [2.05, 4.69) is 21.6 Å². The molecule has 0 amide bonds. The van der Waals surface area contributed by atoms with Crippen LogP contribution < -0.4 is 9.46 Å². The SMILES string of the molecule is CNS(=O)(=O)N1CCC(c2cnc(OC3CCOCC3)c3cnc(C[C@@H](C)COC)nc23)CC1. The van der Waals surface area contributed by atoms with Crippen LogP contribution in [-0.2, 0) is 26.1 Å². The molecular formula is C23H35N5O5S. The fourth-order valence-electron chi connectivity index (χ4n) is 4.69. The van der Waals surface area contributed by atoms with Gasteiger partial charge in [-0.15, -0.1) is 0 Å². The van der Waals surface area contributed by atoms with Crippen molar-refractivity contribution in [3.05, 3.63) is 23.8 Å². The summed E-state index contributed by atoms with van der Waals surface area (Å²) >= 11 is 0. The number of piperidine rings is 1. The smallest absolute Gasteiger partial charge is 0.279 e. The molecule has 0 unspecified atom stereocenters. The van der Waals surface area contributed by atoms with Crippen LogP contribution in [0.3, 0.4) is 0 Å². The van der Waals surface area contributed by atoms with Crippen molar-refractivity contribution in [3.63, 3.8) is 0 Å². The lowest BCUT2D eigenvalue weighted by Gasteiger charge is -2.31. The molecule has 4 heterocycles. The van der Waals surface area contributed by atoms with Gasteiger partial charge < -0.3 is 14.2 Å². The van der Waals surface area contributed by atoms with Gasteiger partial charge >= 0.3 is 0 Å². The fraction of sp³-hybridized carbons (Fsp3) is 0.696. The van der Waals surface area contributed by atoms with Crippen LogP contribution in [0.25, 0.3) is 10.9 Å². The van der Waals surface area contributed by atoms with E-state index < -0.39 is 10.2 Å². The summed E-state index contributed by atoms with van der Waals surface area (Å²) in [6.07, 6.45) is 7.52. The van der Waals surface area contributed by atoms with Crippen LogP contribution in [0.5, 0.6) is 5.88 Å². The summed E-state index contributed by atoms with van der Waals surface area (Å²) in [6.45, 7) is 5.04. The molecule has 2 saturated heterocycles. The van der Waals surface area contributed by atoms with Gasteiger partial charge in [0.05, 0.1) is 24.1 Å². The quantitative estimate of drug-likeness (QED) is 0.564. The normalized spacial score (nSPS) is 20.0. The zero-order chi connectivity index (χ0) is 24.1. The molecule has 2 aromatic rings. The first-order valence-electron chi connectivity index (χ1n) is 12.0. The van der Waals surface area contributed by atoms with Gasteiger partial charge in [-0.25, -0.2) is 19.7 Å². The van der Waals surface area contributed by atoms with Gasteiger partial charge in [0.2, 0.25) is 5.88 Å². The standard InChI is InChI=1S/C23H35N5O5S/c1-16(15-31-3)12-21-25-14-20-22(27-21)19(13-26-23(20)33-18-6-10-32-11-7-18)17-4-8-28(9-5-17)34(29,30)24-2/h13-14,16-18,24H,4-12,15H2,1-3H3/t16-/m1/s1. The Balaban J connectivity index is 1.64. The summed E-state index contributed by atoms with van der Waals surface area (Å²) in [5, 5.41) is 0.803. The molecule has 1 N–H and O–H groups in total. The van der Waals surface area contributed by atoms with Gasteiger partial charge in [0, 0.05) is 71.1 Å². The van der Waals surface area contributed by atoms with Gasteiger partial charge in [0.1, 0.15) is 11.9 Å². The Morgan fingerprint density at radius 2 is 1.91 bits per heavy atom. The molecule has 0 bridgehead atoms. The number of pyridine rings is 1. The van der Waals surface area contributed by atoms with Crippen molar-refractivity contribution in [3.8, 4) is 5.88 Å². The minimum Gasteiger partial charge on any atom is -0.474 e. The maximum atomic E-state index is 12.2. The van der Waals surface area contributed by atoms with Crippen LogP contribution in [-0.4, -0.2) is 80.8 Å². The van der Waals surface area contributed by atoms with E-state index in [4.69, 9.17) is 19.2 Å². The number of nitrogens with zero attached hydrogens (tertiary/aromatic N) is 4. The Labute approximate surface area is 201 Å². The molecule has 188 valence electrons. The van der Waals surface area contributed by atoms with Crippen LogP contribution in [0.1, 0.15) is 49.9 Å².